The fourth-order valence-electron chi connectivity index (χ4n) is 3.34. The predicted octanol–water partition coefficient (Wildman–Crippen LogP) is 3.67. The van der Waals surface area contributed by atoms with Crippen LogP contribution in [-0.4, -0.2) is 25.8 Å². The van der Waals surface area contributed by atoms with Crippen molar-refractivity contribution in [3.05, 3.63) is 53.1 Å². The van der Waals surface area contributed by atoms with Crippen molar-refractivity contribution in [1.82, 2.24) is 4.31 Å². The van der Waals surface area contributed by atoms with Crippen molar-refractivity contribution in [2.75, 3.05) is 13.1 Å². The minimum atomic E-state index is -3.38. The molecule has 0 N–H and O–H groups in total. The standard InChI is InChI=1S/C18H23NO2S/c1-14-8-10-17(11-9-14)22(20,21)19-12-16-7-5-3-4-6-15(2)18(16)13-19/h3-4,8-11,16H,5-7,12-13H2,1-2H3/b4-3-,18-15-. The molecule has 3 rings (SSSR count). The van der Waals surface area contributed by atoms with Crippen LogP contribution < -0.4 is 0 Å². The van der Waals surface area contributed by atoms with Gasteiger partial charge in [0.25, 0.3) is 0 Å². The number of rotatable bonds is 2. The van der Waals surface area contributed by atoms with E-state index in [-0.39, 0.29) is 0 Å². The number of nitrogens with zero attached hydrogens (tertiary/aromatic N) is 1. The lowest BCUT2D eigenvalue weighted by molar-refractivity contribution is 0.449. The van der Waals surface area contributed by atoms with Gasteiger partial charge >= 0.3 is 0 Å². The number of benzene rings is 1. The summed E-state index contributed by atoms with van der Waals surface area (Å²) >= 11 is 0. The Morgan fingerprint density at radius 1 is 1.09 bits per heavy atom. The van der Waals surface area contributed by atoms with Crippen molar-refractivity contribution >= 4 is 10.0 Å². The first-order chi connectivity index (χ1) is 10.5. The molecule has 1 aromatic carbocycles. The molecule has 1 aliphatic heterocycles. The van der Waals surface area contributed by atoms with Crippen molar-refractivity contribution in [3.8, 4) is 0 Å². The molecule has 1 aromatic rings. The van der Waals surface area contributed by atoms with E-state index in [2.05, 4.69) is 19.1 Å². The highest BCUT2D eigenvalue weighted by Crippen LogP contribution is 2.35. The molecule has 118 valence electrons. The van der Waals surface area contributed by atoms with Crippen molar-refractivity contribution in [2.24, 2.45) is 5.92 Å². The number of fused-ring (bicyclic) bond motifs is 1. The fraction of sp³-hybridized carbons (Fsp3) is 0.444. The van der Waals surface area contributed by atoms with Crippen LogP contribution in [0.25, 0.3) is 0 Å². The van der Waals surface area contributed by atoms with E-state index in [0.717, 1.165) is 24.8 Å². The quantitative estimate of drug-likeness (QED) is 0.780. The summed E-state index contributed by atoms with van der Waals surface area (Å²) in [6.45, 7) is 5.28. The van der Waals surface area contributed by atoms with Gasteiger partial charge in [0.05, 0.1) is 4.90 Å². The number of hydrogen-bond acceptors (Lipinski definition) is 2. The summed E-state index contributed by atoms with van der Waals surface area (Å²) in [6, 6.07) is 7.16. The van der Waals surface area contributed by atoms with Gasteiger partial charge in [-0.05, 0) is 51.2 Å². The summed E-state index contributed by atoms with van der Waals surface area (Å²) in [7, 11) is -3.38. The largest absolute Gasteiger partial charge is 0.243 e. The van der Waals surface area contributed by atoms with E-state index in [4.69, 9.17) is 0 Å². The highest BCUT2D eigenvalue weighted by atomic mass is 32.2. The van der Waals surface area contributed by atoms with E-state index >= 15 is 0 Å². The molecule has 0 radical (unpaired) electrons. The van der Waals surface area contributed by atoms with Gasteiger partial charge in [-0.25, -0.2) is 8.42 Å². The lowest BCUT2D eigenvalue weighted by Crippen LogP contribution is -2.29. The zero-order chi connectivity index (χ0) is 15.7. The van der Waals surface area contributed by atoms with Crippen molar-refractivity contribution in [1.29, 1.82) is 0 Å². The molecule has 0 aromatic heterocycles. The zero-order valence-corrected chi connectivity index (χ0v) is 14.1. The van der Waals surface area contributed by atoms with Gasteiger partial charge in [0.2, 0.25) is 10.0 Å². The van der Waals surface area contributed by atoms with Crippen LogP contribution >= 0.6 is 0 Å². The van der Waals surface area contributed by atoms with Gasteiger partial charge in [-0.2, -0.15) is 4.31 Å². The minimum Gasteiger partial charge on any atom is -0.207 e. The summed E-state index contributed by atoms with van der Waals surface area (Å²) in [5.74, 6) is 0.380. The van der Waals surface area contributed by atoms with Crippen molar-refractivity contribution in [2.45, 2.75) is 38.0 Å². The van der Waals surface area contributed by atoms with Crippen LogP contribution in [0.15, 0.2) is 52.5 Å². The Bertz CT molecular complexity index is 714. The molecule has 0 spiro atoms. The average molecular weight is 317 g/mol. The number of sulfonamides is 1. The van der Waals surface area contributed by atoms with E-state index < -0.39 is 10.0 Å². The van der Waals surface area contributed by atoms with E-state index in [1.807, 2.05) is 19.1 Å². The fourth-order valence-corrected chi connectivity index (χ4v) is 4.80. The van der Waals surface area contributed by atoms with Gasteiger partial charge in [-0.3, -0.25) is 0 Å². The smallest absolute Gasteiger partial charge is 0.207 e. The minimum absolute atomic E-state index is 0.380. The van der Waals surface area contributed by atoms with E-state index in [1.54, 1.807) is 16.4 Å². The molecule has 1 aliphatic carbocycles. The molecule has 0 amide bonds. The Morgan fingerprint density at radius 3 is 2.55 bits per heavy atom. The Labute approximate surface area is 133 Å². The molecular weight excluding hydrogens is 294 g/mol. The maximum atomic E-state index is 12.9. The van der Waals surface area contributed by atoms with Crippen LogP contribution in [0.2, 0.25) is 0 Å². The lowest BCUT2D eigenvalue weighted by atomic mass is 9.90. The molecule has 0 saturated carbocycles. The van der Waals surface area contributed by atoms with Crippen LogP contribution in [0.5, 0.6) is 0 Å². The Balaban J connectivity index is 1.89. The topological polar surface area (TPSA) is 37.4 Å². The van der Waals surface area contributed by atoms with Crippen molar-refractivity contribution < 1.29 is 8.42 Å². The zero-order valence-electron chi connectivity index (χ0n) is 13.2. The average Bonchev–Trinajstić information content (AvgIpc) is 2.89. The maximum absolute atomic E-state index is 12.9. The molecule has 2 aliphatic rings. The van der Waals surface area contributed by atoms with Gasteiger partial charge in [0.15, 0.2) is 0 Å². The van der Waals surface area contributed by atoms with Gasteiger partial charge in [0.1, 0.15) is 0 Å². The molecule has 1 heterocycles. The van der Waals surface area contributed by atoms with E-state index in [9.17, 15) is 8.42 Å². The van der Waals surface area contributed by atoms with Gasteiger partial charge in [-0.1, -0.05) is 41.0 Å². The summed E-state index contributed by atoms with van der Waals surface area (Å²) in [4.78, 5) is 0.406. The first-order valence-corrected chi connectivity index (χ1v) is 9.33. The monoisotopic (exact) mass is 317 g/mol. The molecule has 1 saturated heterocycles. The molecule has 0 bridgehead atoms. The van der Waals surface area contributed by atoms with Gasteiger partial charge in [-0.15, -0.1) is 0 Å². The van der Waals surface area contributed by atoms with Crippen LogP contribution in [0.1, 0.15) is 31.7 Å². The first-order valence-electron chi connectivity index (χ1n) is 7.89. The second kappa shape index (κ2) is 6.01. The van der Waals surface area contributed by atoms with Crippen LogP contribution in [-0.2, 0) is 10.0 Å². The summed E-state index contributed by atoms with van der Waals surface area (Å²) in [5.41, 5.74) is 3.74. The predicted molar refractivity (Wildman–Crippen MR) is 89.1 cm³/mol. The highest BCUT2D eigenvalue weighted by molar-refractivity contribution is 7.89. The first kappa shape index (κ1) is 15.5. The third-order valence-electron chi connectivity index (χ3n) is 4.74. The molecule has 1 fully saturated rings. The molecule has 1 atom stereocenters. The maximum Gasteiger partial charge on any atom is 0.243 e. The van der Waals surface area contributed by atoms with Crippen molar-refractivity contribution in [3.63, 3.8) is 0 Å². The Morgan fingerprint density at radius 2 is 1.82 bits per heavy atom. The lowest BCUT2D eigenvalue weighted by Gasteiger charge is -2.16. The molecule has 4 heteroatoms. The van der Waals surface area contributed by atoms with Gasteiger partial charge < -0.3 is 0 Å². The second-order valence-corrected chi connectivity index (χ2v) is 8.30. The Kier molecular flexibility index (Phi) is 4.24. The third kappa shape index (κ3) is 2.90. The number of aryl methyl sites for hydroxylation is 1. The van der Waals surface area contributed by atoms with Crippen LogP contribution in [0, 0.1) is 12.8 Å². The number of allylic oxidation sites excluding steroid dienone is 3. The van der Waals surface area contributed by atoms with Gasteiger partial charge in [0, 0.05) is 13.1 Å². The second-order valence-electron chi connectivity index (χ2n) is 6.37. The Hall–Kier alpha value is -1.39. The van der Waals surface area contributed by atoms with E-state index in [0.29, 0.717) is 23.9 Å². The summed E-state index contributed by atoms with van der Waals surface area (Å²) in [5, 5.41) is 0. The summed E-state index contributed by atoms with van der Waals surface area (Å²) < 4.78 is 27.4. The molecule has 22 heavy (non-hydrogen) atoms. The third-order valence-corrected chi connectivity index (χ3v) is 6.57. The van der Waals surface area contributed by atoms with E-state index in [1.165, 1.54) is 11.1 Å². The van der Waals surface area contributed by atoms with Crippen LogP contribution in [0.3, 0.4) is 0 Å². The molecule has 1 unspecified atom stereocenters. The van der Waals surface area contributed by atoms with Crippen LogP contribution in [0.4, 0.5) is 0 Å². The number of hydrogen-bond donors (Lipinski definition) is 0. The summed E-state index contributed by atoms with van der Waals surface area (Å²) in [6.07, 6.45) is 7.46. The normalized spacial score (nSPS) is 28.0. The molecular formula is C18H23NO2S. The highest BCUT2D eigenvalue weighted by Gasteiger charge is 2.36. The SMILES string of the molecule is C/C1=C2\CN(S(=O)(=O)c3ccc(C)cc3)CC2CC/C=C\C1. The molecule has 3 nitrogen and oxygen atoms in total.